The number of aliphatic hydroxyl groups excluding tert-OH is 1. The summed E-state index contributed by atoms with van der Waals surface area (Å²) in [7, 11) is 0. The third kappa shape index (κ3) is 2.64. The first kappa shape index (κ1) is 12.5. The molecule has 0 spiro atoms. The van der Waals surface area contributed by atoms with E-state index in [0.717, 1.165) is 0 Å². The Morgan fingerprint density at radius 3 is 2.29 bits per heavy atom. The van der Waals surface area contributed by atoms with E-state index in [9.17, 15) is 13.9 Å². The van der Waals surface area contributed by atoms with Crippen LogP contribution in [0.3, 0.4) is 0 Å². The van der Waals surface area contributed by atoms with Crippen LogP contribution in [0.25, 0.3) is 0 Å². The van der Waals surface area contributed by atoms with E-state index in [1.165, 1.54) is 18.2 Å². The fraction of sp³-hybridized carbons (Fsp3) is 0.538. The van der Waals surface area contributed by atoms with Crippen molar-refractivity contribution in [2.45, 2.75) is 19.3 Å². The maximum absolute atomic E-state index is 13.6. The van der Waals surface area contributed by atoms with E-state index in [-0.39, 0.29) is 18.6 Å². The van der Waals surface area contributed by atoms with Gasteiger partial charge in [0, 0.05) is 30.8 Å². The molecule has 0 amide bonds. The van der Waals surface area contributed by atoms with Crippen molar-refractivity contribution < 1.29 is 18.6 Å². The highest BCUT2D eigenvalue weighted by atomic mass is 19.1. The molecule has 1 aromatic rings. The van der Waals surface area contributed by atoms with Crippen molar-refractivity contribution in [3.63, 3.8) is 0 Å². The number of halogens is 2. The number of ether oxygens (including phenoxy) is 1. The summed E-state index contributed by atoms with van der Waals surface area (Å²) in [5.41, 5.74) is -0.371. The summed E-state index contributed by atoms with van der Waals surface area (Å²) in [6.45, 7) is 1.01. The molecule has 1 aliphatic rings. The molecule has 94 valence electrons. The molecule has 2 rings (SSSR count). The molecule has 17 heavy (non-hydrogen) atoms. The average Bonchev–Trinajstić information content (AvgIpc) is 2.35. The molecule has 0 unspecified atom stereocenters. The van der Waals surface area contributed by atoms with Gasteiger partial charge in [-0.05, 0) is 31.4 Å². The lowest BCUT2D eigenvalue weighted by Crippen LogP contribution is -2.35. The second-order valence-corrected chi connectivity index (χ2v) is 4.65. The zero-order valence-corrected chi connectivity index (χ0v) is 9.59. The Balaban J connectivity index is 2.23. The summed E-state index contributed by atoms with van der Waals surface area (Å²) >= 11 is 0. The van der Waals surface area contributed by atoms with Gasteiger partial charge in [-0.2, -0.15) is 0 Å². The lowest BCUT2D eigenvalue weighted by molar-refractivity contribution is -0.0165. The van der Waals surface area contributed by atoms with Gasteiger partial charge >= 0.3 is 0 Å². The quantitative estimate of drug-likeness (QED) is 0.881. The fourth-order valence-corrected chi connectivity index (χ4v) is 2.27. The molecule has 1 aromatic carbocycles. The van der Waals surface area contributed by atoms with Crippen LogP contribution in [0, 0.1) is 17.0 Å². The van der Waals surface area contributed by atoms with Crippen LogP contribution in [0.5, 0.6) is 0 Å². The number of rotatable bonds is 3. The van der Waals surface area contributed by atoms with E-state index in [0.29, 0.717) is 26.1 Å². The van der Waals surface area contributed by atoms with Gasteiger partial charge in [0.1, 0.15) is 11.6 Å². The fourth-order valence-electron chi connectivity index (χ4n) is 2.27. The largest absolute Gasteiger partial charge is 0.396 e. The third-order valence-corrected chi connectivity index (χ3v) is 3.50. The molecule has 0 bridgehead atoms. The normalized spacial score (nSPS) is 19.2. The van der Waals surface area contributed by atoms with Gasteiger partial charge in [-0.3, -0.25) is 0 Å². The predicted molar refractivity (Wildman–Crippen MR) is 59.6 cm³/mol. The lowest BCUT2D eigenvalue weighted by atomic mass is 9.76. The van der Waals surface area contributed by atoms with Crippen molar-refractivity contribution in [2.75, 3.05) is 19.8 Å². The summed E-state index contributed by atoms with van der Waals surface area (Å²) in [4.78, 5) is 0. The van der Waals surface area contributed by atoms with Crippen molar-refractivity contribution in [1.29, 1.82) is 0 Å². The highest BCUT2D eigenvalue weighted by Crippen LogP contribution is 2.35. The smallest absolute Gasteiger partial charge is 0.129 e. The van der Waals surface area contributed by atoms with Crippen LogP contribution in [0.1, 0.15) is 18.4 Å². The number of aliphatic hydroxyl groups is 1. The number of hydrogen-bond donors (Lipinski definition) is 1. The second-order valence-electron chi connectivity index (χ2n) is 4.65. The van der Waals surface area contributed by atoms with Gasteiger partial charge in [-0.25, -0.2) is 8.78 Å². The highest BCUT2D eigenvalue weighted by Gasteiger charge is 2.33. The SMILES string of the molecule is OCC1(Cc2c(F)cccc2F)CCOCC1. The van der Waals surface area contributed by atoms with Gasteiger partial charge in [0.15, 0.2) is 0 Å². The molecule has 1 heterocycles. The van der Waals surface area contributed by atoms with Gasteiger partial charge in [-0.1, -0.05) is 6.07 Å². The first-order valence-electron chi connectivity index (χ1n) is 5.78. The first-order valence-corrected chi connectivity index (χ1v) is 5.78. The molecule has 1 N–H and O–H groups in total. The summed E-state index contributed by atoms with van der Waals surface area (Å²) in [5, 5.41) is 9.48. The topological polar surface area (TPSA) is 29.5 Å². The molecule has 1 saturated heterocycles. The van der Waals surface area contributed by atoms with Crippen LogP contribution in [-0.4, -0.2) is 24.9 Å². The molecule has 0 aromatic heterocycles. The minimum atomic E-state index is -0.538. The van der Waals surface area contributed by atoms with Crippen LogP contribution in [0.2, 0.25) is 0 Å². The summed E-state index contributed by atoms with van der Waals surface area (Å²) in [6.07, 6.45) is 1.50. The van der Waals surface area contributed by atoms with Gasteiger partial charge in [0.05, 0.1) is 0 Å². The molecule has 0 saturated carbocycles. The Morgan fingerprint density at radius 2 is 1.76 bits per heavy atom. The first-order chi connectivity index (χ1) is 8.17. The molecule has 1 fully saturated rings. The van der Waals surface area contributed by atoms with E-state index in [1.807, 2.05) is 0 Å². The van der Waals surface area contributed by atoms with Crippen LogP contribution in [0.4, 0.5) is 8.78 Å². The Labute approximate surface area is 99.2 Å². The Morgan fingerprint density at radius 1 is 1.18 bits per heavy atom. The minimum Gasteiger partial charge on any atom is -0.396 e. The summed E-state index contributed by atoms with van der Waals surface area (Å²) in [5.74, 6) is -1.08. The minimum absolute atomic E-state index is 0.0653. The Kier molecular flexibility index (Phi) is 3.74. The molecule has 4 heteroatoms. The highest BCUT2D eigenvalue weighted by molar-refractivity contribution is 5.21. The molecule has 0 aliphatic carbocycles. The van der Waals surface area contributed by atoms with Gasteiger partial charge < -0.3 is 9.84 Å². The van der Waals surface area contributed by atoms with Crippen molar-refractivity contribution in [2.24, 2.45) is 5.41 Å². The number of hydrogen-bond acceptors (Lipinski definition) is 2. The van der Waals surface area contributed by atoms with Crippen molar-refractivity contribution in [3.8, 4) is 0 Å². The van der Waals surface area contributed by atoms with Gasteiger partial charge in [-0.15, -0.1) is 0 Å². The van der Waals surface area contributed by atoms with Crippen LogP contribution >= 0.6 is 0 Å². The maximum Gasteiger partial charge on any atom is 0.129 e. The van der Waals surface area contributed by atoms with Crippen LogP contribution < -0.4 is 0 Å². The lowest BCUT2D eigenvalue weighted by Gasteiger charge is -2.35. The molecule has 1 aliphatic heterocycles. The molecular weight excluding hydrogens is 226 g/mol. The van der Waals surface area contributed by atoms with Gasteiger partial charge in [0.25, 0.3) is 0 Å². The maximum atomic E-state index is 13.6. The zero-order valence-electron chi connectivity index (χ0n) is 9.59. The van der Waals surface area contributed by atoms with E-state index >= 15 is 0 Å². The summed E-state index contributed by atoms with van der Waals surface area (Å²) in [6, 6.07) is 3.86. The third-order valence-electron chi connectivity index (χ3n) is 3.50. The Bertz CT molecular complexity index is 367. The van der Waals surface area contributed by atoms with Crippen LogP contribution in [0.15, 0.2) is 18.2 Å². The molecular formula is C13H16F2O2. The van der Waals surface area contributed by atoms with E-state index in [4.69, 9.17) is 4.74 Å². The van der Waals surface area contributed by atoms with E-state index < -0.39 is 17.0 Å². The van der Waals surface area contributed by atoms with Crippen molar-refractivity contribution in [1.82, 2.24) is 0 Å². The van der Waals surface area contributed by atoms with E-state index in [1.54, 1.807) is 0 Å². The van der Waals surface area contributed by atoms with Crippen molar-refractivity contribution >= 4 is 0 Å². The van der Waals surface area contributed by atoms with Gasteiger partial charge in [0.2, 0.25) is 0 Å². The second kappa shape index (κ2) is 5.10. The molecule has 0 atom stereocenters. The standard InChI is InChI=1S/C13H16F2O2/c14-11-2-1-3-12(15)10(11)8-13(9-16)4-6-17-7-5-13/h1-3,16H,4-9H2. The predicted octanol–water partition coefficient (Wildman–Crippen LogP) is 2.30. The number of benzene rings is 1. The monoisotopic (exact) mass is 242 g/mol. The zero-order chi connectivity index (χ0) is 12.3. The molecule has 2 nitrogen and oxygen atoms in total. The van der Waals surface area contributed by atoms with Crippen LogP contribution in [-0.2, 0) is 11.2 Å². The van der Waals surface area contributed by atoms with E-state index in [2.05, 4.69) is 0 Å². The summed E-state index contributed by atoms with van der Waals surface area (Å²) < 4.78 is 32.3. The average molecular weight is 242 g/mol. The van der Waals surface area contributed by atoms with Crippen molar-refractivity contribution in [3.05, 3.63) is 35.4 Å². The molecule has 0 radical (unpaired) electrons. The Hall–Kier alpha value is -1.00.